The molecule has 2 aliphatic rings. The number of ether oxygens (including phenoxy) is 1. The molecule has 4 rings (SSSR count). The minimum atomic E-state index is -4.55. The molecular weight excluding hydrogens is 464 g/mol. The van der Waals surface area contributed by atoms with Gasteiger partial charge in [0.2, 0.25) is 0 Å². The number of alkyl halides is 4. The van der Waals surface area contributed by atoms with Gasteiger partial charge in [0, 0.05) is 37.5 Å². The van der Waals surface area contributed by atoms with E-state index in [-0.39, 0.29) is 17.7 Å². The molecule has 0 amide bonds. The molecule has 1 saturated heterocycles. The minimum absolute atomic E-state index is 0.00175. The lowest BCUT2D eigenvalue weighted by atomic mass is 9.84. The second-order valence-corrected chi connectivity index (χ2v) is 9.51. The van der Waals surface area contributed by atoms with Gasteiger partial charge in [-0.3, -0.25) is 4.72 Å². The highest BCUT2D eigenvalue weighted by Crippen LogP contribution is 2.39. The quantitative estimate of drug-likeness (QED) is 0.611. The van der Waals surface area contributed by atoms with Gasteiger partial charge < -0.3 is 14.6 Å². The average molecular weight is 486 g/mol. The molecule has 2 aromatic rings. The van der Waals surface area contributed by atoms with Gasteiger partial charge in [-0.05, 0) is 18.4 Å². The number of halogens is 6. The van der Waals surface area contributed by atoms with Gasteiger partial charge in [0.05, 0.1) is 28.6 Å². The van der Waals surface area contributed by atoms with Crippen molar-refractivity contribution in [1.82, 2.24) is 4.98 Å². The third-order valence-corrected chi connectivity index (χ3v) is 7.10. The number of nitrogens with one attached hydrogen (secondary N) is 2. The van der Waals surface area contributed by atoms with E-state index in [1.54, 1.807) is 0 Å². The van der Waals surface area contributed by atoms with Crippen molar-refractivity contribution >= 4 is 21.4 Å². The number of rotatable bonds is 6. The lowest BCUT2D eigenvalue weighted by molar-refractivity contribution is -0.128. The summed E-state index contributed by atoms with van der Waals surface area (Å²) >= 11 is 0. The van der Waals surface area contributed by atoms with E-state index >= 15 is 0 Å². The van der Waals surface area contributed by atoms with Gasteiger partial charge in [-0.15, -0.1) is 0 Å². The number of hydrogen-bond acceptors (Lipinski definition) is 4. The summed E-state index contributed by atoms with van der Waals surface area (Å²) in [5, 5.41) is 0. The van der Waals surface area contributed by atoms with Crippen molar-refractivity contribution in [3.8, 4) is 0 Å². The Labute approximate surface area is 183 Å². The molecule has 0 spiro atoms. The molecule has 1 aromatic heterocycles. The summed E-state index contributed by atoms with van der Waals surface area (Å²) in [6, 6.07) is 1.11. The second kappa shape index (κ2) is 7.58. The van der Waals surface area contributed by atoms with Crippen LogP contribution in [0.15, 0.2) is 23.2 Å². The first-order valence-corrected chi connectivity index (χ1v) is 10.8. The van der Waals surface area contributed by atoms with E-state index < -0.39 is 88.8 Å². The van der Waals surface area contributed by atoms with Crippen LogP contribution < -0.4 is 9.62 Å². The zero-order valence-corrected chi connectivity index (χ0v) is 17.0. The number of sulfonamides is 1. The minimum Gasteiger partial charge on any atom is -0.372 e. The van der Waals surface area contributed by atoms with Gasteiger partial charge >= 0.3 is 0 Å². The van der Waals surface area contributed by atoms with Crippen LogP contribution in [0.25, 0.3) is 0 Å². The van der Waals surface area contributed by atoms with E-state index in [4.69, 9.17) is 4.11 Å². The Morgan fingerprint density at radius 3 is 2.59 bits per heavy atom. The number of methoxy groups -OCH3 is 1. The SMILES string of the molecule is [2H]C([2H])([2H])O[C@]1(C(F)F)CCc2c(S(=O)(=O)Nc3cc(F)c(N4CC(F)(F)C4)cc3F)c[nH]c2C1. The van der Waals surface area contributed by atoms with Crippen LogP contribution in [0, 0.1) is 11.6 Å². The van der Waals surface area contributed by atoms with Crippen LogP contribution in [0.1, 0.15) is 21.8 Å². The number of benzene rings is 1. The van der Waals surface area contributed by atoms with Gasteiger partial charge in [-0.2, -0.15) is 0 Å². The van der Waals surface area contributed by atoms with Crippen molar-refractivity contribution in [2.75, 3.05) is 29.7 Å². The molecular formula is C19H19F6N3O3S. The van der Waals surface area contributed by atoms with E-state index in [0.29, 0.717) is 12.1 Å². The summed E-state index contributed by atoms with van der Waals surface area (Å²) in [4.78, 5) is 3.00. The van der Waals surface area contributed by atoms with Gasteiger partial charge in [-0.1, -0.05) is 0 Å². The van der Waals surface area contributed by atoms with Crippen molar-refractivity contribution in [3.05, 3.63) is 41.2 Å². The van der Waals surface area contributed by atoms with E-state index in [2.05, 4.69) is 9.72 Å². The summed E-state index contributed by atoms with van der Waals surface area (Å²) < 4.78 is 136. The molecule has 1 fully saturated rings. The fourth-order valence-corrected chi connectivity index (χ4v) is 5.25. The molecule has 0 bridgehead atoms. The molecule has 1 atom stereocenters. The Hall–Kier alpha value is -2.41. The molecule has 0 saturated carbocycles. The monoisotopic (exact) mass is 486 g/mol. The zero-order chi connectivity index (χ0) is 26.0. The first-order valence-electron chi connectivity index (χ1n) is 10.8. The fourth-order valence-electron chi connectivity index (χ4n) is 3.93. The molecule has 32 heavy (non-hydrogen) atoms. The smallest absolute Gasteiger partial charge is 0.282 e. The van der Waals surface area contributed by atoms with Crippen LogP contribution in [0.4, 0.5) is 37.7 Å². The normalized spacial score (nSPS) is 24.3. The summed E-state index contributed by atoms with van der Waals surface area (Å²) in [6.45, 7) is -1.62. The molecule has 1 aliphatic heterocycles. The summed E-state index contributed by atoms with van der Waals surface area (Å²) in [5.41, 5.74) is -3.52. The maximum atomic E-state index is 14.5. The van der Waals surface area contributed by atoms with Crippen LogP contribution in [-0.4, -0.2) is 51.5 Å². The topological polar surface area (TPSA) is 74.4 Å². The molecule has 0 radical (unpaired) electrons. The fraction of sp³-hybridized carbons (Fsp3) is 0.474. The lowest BCUT2D eigenvalue weighted by Gasteiger charge is -2.40. The highest BCUT2D eigenvalue weighted by atomic mass is 32.2. The third-order valence-electron chi connectivity index (χ3n) is 5.67. The molecule has 176 valence electrons. The number of hydrogen-bond donors (Lipinski definition) is 2. The number of H-pyrrole nitrogens is 1. The molecule has 1 aliphatic carbocycles. The number of aromatic amines is 1. The second-order valence-electron chi connectivity index (χ2n) is 7.86. The van der Waals surface area contributed by atoms with Gasteiger partial charge in [0.1, 0.15) is 22.1 Å². The van der Waals surface area contributed by atoms with Crippen LogP contribution in [0.5, 0.6) is 0 Å². The maximum absolute atomic E-state index is 14.5. The molecule has 2 N–H and O–H groups in total. The number of fused-ring (bicyclic) bond motifs is 1. The molecule has 6 nitrogen and oxygen atoms in total. The standard InChI is InChI=1S/C19H19F6N3O3S/c1-31-18(17(22)23)3-2-10-14(6-18)26-7-16(10)32(29,30)27-13-4-12(21)15(5-11(13)20)28-8-19(24,25)9-28/h4-5,7,17,26-27H,2-3,6,8-9H2,1H3/t18-/m1/s1/i1D3. The van der Waals surface area contributed by atoms with Crippen LogP contribution in [0.3, 0.4) is 0 Å². The molecule has 1 aromatic carbocycles. The maximum Gasteiger partial charge on any atom is 0.282 e. The zero-order valence-electron chi connectivity index (χ0n) is 19.2. The van der Waals surface area contributed by atoms with Crippen molar-refractivity contribution in [2.24, 2.45) is 0 Å². The third kappa shape index (κ3) is 3.81. The summed E-state index contributed by atoms with van der Waals surface area (Å²) in [7, 11) is -7.66. The van der Waals surface area contributed by atoms with Crippen LogP contribution >= 0.6 is 0 Å². The first-order chi connectivity index (χ1) is 16.0. The number of nitrogens with zero attached hydrogens (tertiary/aromatic N) is 1. The van der Waals surface area contributed by atoms with Gasteiger partial charge in [0.25, 0.3) is 22.4 Å². The summed E-state index contributed by atoms with van der Waals surface area (Å²) in [6.07, 6.45) is -3.64. The predicted molar refractivity (Wildman–Crippen MR) is 103 cm³/mol. The molecule has 2 heterocycles. The predicted octanol–water partition coefficient (Wildman–Crippen LogP) is 3.69. The average Bonchev–Trinajstić information content (AvgIpc) is 3.11. The Morgan fingerprint density at radius 1 is 1.25 bits per heavy atom. The van der Waals surface area contributed by atoms with E-state index in [1.165, 1.54) is 0 Å². The largest absolute Gasteiger partial charge is 0.372 e. The van der Waals surface area contributed by atoms with Gasteiger partial charge in [0.15, 0.2) is 0 Å². The van der Waals surface area contributed by atoms with Gasteiger partial charge in [-0.25, -0.2) is 34.8 Å². The Balaban J connectivity index is 1.58. The Morgan fingerprint density at radius 2 is 1.97 bits per heavy atom. The number of aromatic nitrogens is 1. The van der Waals surface area contributed by atoms with Crippen LogP contribution in [-0.2, 0) is 27.6 Å². The van der Waals surface area contributed by atoms with Crippen molar-refractivity contribution in [1.29, 1.82) is 0 Å². The van der Waals surface area contributed by atoms with E-state index in [9.17, 15) is 34.8 Å². The molecule has 0 unspecified atom stereocenters. The van der Waals surface area contributed by atoms with E-state index in [0.717, 1.165) is 11.1 Å². The highest BCUT2D eigenvalue weighted by molar-refractivity contribution is 7.92. The lowest BCUT2D eigenvalue weighted by Crippen LogP contribution is -2.56. The van der Waals surface area contributed by atoms with Crippen molar-refractivity contribution < 1.29 is 43.6 Å². The highest BCUT2D eigenvalue weighted by Gasteiger charge is 2.46. The van der Waals surface area contributed by atoms with Crippen molar-refractivity contribution in [3.63, 3.8) is 0 Å². The number of anilines is 2. The Bertz CT molecular complexity index is 1250. The van der Waals surface area contributed by atoms with E-state index in [1.807, 2.05) is 4.72 Å². The van der Waals surface area contributed by atoms with Crippen molar-refractivity contribution in [2.45, 2.75) is 42.1 Å². The first kappa shape index (κ1) is 19.1. The van der Waals surface area contributed by atoms with Crippen LogP contribution in [0.2, 0.25) is 0 Å². The Kier molecular flexibility index (Phi) is 4.52. The molecule has 13 heteroatoms. The summed E-state index contributed by atoms with van der Waals surface area (Å²) in [5.74, 6) is -5.38.